The second-order valence-electron chi connectivity index (χ2n) is 6.94. The number of amides is 1. The van der Waals surface area contributed by atoms with Crippen LogP contribution in [0.1, 0.15) is 30.0 Å². The first kappa shape index (κ1) is 17.5. The molecule has 0 radical (unpaired) electrons. The molecule has 3 aromatic rings. The number of methoxy groups -OCH3 is 1. The topological polar surface area (TPSA) is 73.1 Å². The van der Waals surface area contributed by atoms with Gasteiger partial charge in [-0.25, -0.2) is 14.6 Å². The third kappa shape index (κ3) is 3.49. The van der Waals surface area contributed by atoms with Gasteiger partial charge in [-0.3, -0.25) is 4.79 Å². The third-order valence-electron chi connectivity index (χ3n) is 5.14. The van der Waals surface area contributed by atoms with Gasteiger partial charge in [0.1, 0.15) is 11.3 Å². The van der Waals surface area contributed by atoms with Crippen LogP contribution in [0.3, 0.4) is 0 Å². The summed E-state index contributed by atoms with van der Waals surface area (Å²) >= 11 is 0. The van der Waals surface area contributed by atoms with E-state index in [-0.39, 0.29) is 11.8 Å². The average molecular weight is 365 g/mol. The summed E-state index contributed by atoms with van der Waals surface area (Å²) in [6, 6.07) is 7.68. The molecular weight excluding hydrogens is 342 g/mol. The van der Waals surface area contributed by atoms with E-state index in [1.54, 1.807) is 24.2 Å². The van der Waals surface area contributed by atoms with Crippen LogP contribution in [0.5, 0.6) is 5.75 Å². The van der Waals surface area contributed by atoms with Crippen molar-refractivity contribution in [2.24, 2.45) is 7.05 Å². The first-order valence-corrected chi connectivity index (χ1v) is 9.20. The van der Waals surface area contributed by atoms with E-state index < -0.39 is 0 Å². The Bertz CT molecular complexity index is 968. The van der Waals surface area contributed by atoms with Gasteiger partial charge in [0.05, 0.1) is 19.2 Å². The Labute approximate surface area is 158 Å². The van der Waals surface area contributed by atoms with Crippen molar-refractivity contribution in [2.75, 3.05) is 20.2 Å². The molecule has 0 aliphatic carbocycles. The Morgan fingerprint density at radius 1 is 1.30 bits per heavy atom. The van der Waals surface area contributed by atoms with Crippen molar-refractivity contribution in [3.63, 3.8) is 0 Å². The molecule has 2 aromatic heterocycles. The third-order valence-corrected chi connectivity index (χ3v) is 5.14. The fourth-order valence-electron chi connectivity index (χ4n) is 3.78. The molecule has 1 aromatic carbocycles. The lowest BCUT2D eigenvalue weighted by molar-refractivity contribution is -0.131. The number of aromatic nitrogens is 4. The number of benzene rings is 1. The van der Waals surface area contributed by atoms with E-state index in [9.17, 15) is 4.79 Å². The molecule has 140 valence electrons. The lowest BCUT2D eigenvalue weighted by atomic mass is 9.94. The number of hydrogen-bond acceptors (Lipinski definition) is 5. The predicted molar refractivity (Wildman–Crippen MR) is 102 cm³/mol. The van der Waals surface area contributed by atoms with Crippen LogP contribution in [0.15, 0.2) is 36.7 Å². The molecule has 1 atom stereocenters. The number of carbonyl (C=O) groups excluding carboxylic acids is 1. The number of rotatable bonds is 4. The van der Waals surface area contributed by atoms with E-state index in [2.05, 4.69) is 15.1 Å². The van der Waals surface area contributed by atoms with Crippen molar-refractivity contribution in [2.45, 2.75) is 25.2 Å². The highest BCUT2D eigenvalue weighted by Gasteiger charge is 2.28. The number of ether oxygens (including phenoxy) is 1. The summed E-state index contributed by atoms with van der Waals surface area (Å²) in [5.41, 5.74) is 3.54. The summed E-state index contributed by atoms with van der Waals surface area (Å²) in [5.74, 6) is 1.10. The number of hydrogen-bond donors (Lipinski definition) is 0. The molecule has 3 heterocycles. The molecule has 0 N–H and O–H groups in total. The van der Waals surface area contributed by atoms with Crippen molar-refractivity contribution >= 4 is 17.1 Å². The van der Waals surface area contributed by atoms with Gasteiger partial charge >= 0.3 is 0 Å². The largest absolute Gasteiger partial charge is 0.497 e. The van der Waals surface area contributed by atoms with Crippen LogP contribution in [-0.4, -0.2) is 50.8 Å². The zero-order chi connectivity index (χ0) is 18.8. The summed E-state index contributed by atoms with van der Waals surface area (Å²) in [7, 11) is 3.52. The maximum atomic E-state index is 12.8. The highest BCUT2D eigenvalue weighted by molar-refractivity contribution is 5.79. The smallest absolute Gasteiger partial charge is 0.227 e. The first-order valence-electron chi connectivity index (χ1n) is 9.20. The Morgan fingerprint density at radius 2 is 2.15 bits per heavy atom. The van der Waals surface area contributed by atoms with E-state index >= 15 is 0 Å². The fraction of sp³-hybridized carbons (Fsp3) is 0.400. The lowest BCUT2D eigenvalue weighted by Crippen LogP contribution is -2.40. The molecule has 7 heteroatoms. The van der Waals surface area contributed by atoms with Crippen molar-refractivity contribution in [1.82, 2.24) is 24.6 Å². The van der Waals surface area contributed by atoms with E-state index in [0.717, 1.165) is 47.6 Å². The number of nitrogens with zero attached hydrogens (tertiary/aromatic N) is 5. The van der Waals surface area contributed by atoms with E-state index in [4.69, 9.17) is 4.74 Å². The average Bonchev–Trinajstić information content (AvgIpc) is 3.05. The lowest BCUT2D eigenvalue weighted by Gasteiger charge is -2.32. The quantitative estimate of drug-likeness (QED) is 0.709. The number of aryl methyl sites for hydroxylation is 1. The summed E-state index contributed by atoms with van der Waals surface area (Å²) in [6.07, 6.45) is 5.73. The summed E-state index contributed by atoms with van der Waals surface area (Å²) in [4.78, 5) is 23.6. The molecule has 0 spiro atoms. The zero-order valence-electron chi connectivity index (χ0n) is 15.6. The van der Waals surface area contributed by atoms with Crippen molar-refractivity contribution < 1.29 is 9.53 Å². The number of likely N-dealkylation sites (tertiary alicyclic amines) is 1. The van der Waals surface area contributed by atoms with Crippen LogP contribution in [0.25, 0.3) is 11.2 Å². The van der Waals surface area contributed by atoms with Crippen LogP contribution < -0.4 is 4.74 Å². The molecule has 1 saturated heterocycles. The second-order valence-corrected chi connectivity index (χ2v) is 6.94. The molecule has 0 bridgehead atoms. The predicted octanol–water partition coefficient (Wildman–Crippen LogP) is 2.32. The summed E-state index contributed by atoms with van der Waals surface area (Å²) < 4.78 is 7.02. The van der Waals surface area contributed by atoms with E-state index in [1.807, 2.05) is 36.2 Å². The van der Waals surface area contributed by atoms with Gasteiger partial charge in [0, 0.05) is 38.4 Å². The van der Waals surface area contributed by atoms with Crippen LogP contribution in [0.2, 0.25) is 0 Å². The minimum absolute atomic E-state index is 0.138. The van der Waals surface area contributed by atoms with Crippen LogP contribution in [0.4, 0.5) is 0 Å². The summed E-state index contributed by atoms with van der Waals surface area (Å²) in [6.45, 7) is 1.46. The highest BCUT2D eigenvalue weighted by Crippen LogP contribution is 2.30. The van der Waals surface area contributed by atoms with Crippen molar-refractivity contribution in [3.8, 4) is 5.75 Å². The van der Waals surface area contributed by atoms with Gasteiger partial charge in [-0.05, 0) is 30.5 Å². The normalized spacial score (nSPS) is 17.3. The SMILES string of the molecule is COc1cccc(CC(=O)N2CCC[C@H](c3nn(C)c4nccnc34)C2)c1. The zero-order valence-corrected chi connectivity index (χ0v) is 15.6. The maximum absolute atomic E-state index is 12.8. The highest BCUT2D eigenvalue weighted by atomic mass is 16.5. The molecule has 1 amide bonds. The van der Waals surface area contributed by atoms with Gasteiger partial charge in [0.25, 0.3) is 0 Å². The van der Waals surface area contributed by atoms with Crippen molar-refractivity contribution in [1.29, 1.82) is 0 Å². The molecule has 7 nitrogen and oxygen atoms in total. The van der Waals surface area contributed by atoms with Gasteiger partial charge in [-0.1, -0.05) is 12.1 Å². The van der Waals surface area contributed by atoms with E-state index in [1.165, 1.54) is 0 Å². The standard InChI is InChI=1S/C20H23N5O2/c1-24-20-19(21-8-9-22-20)18(23-24)15-6-4-10-25(13-15)17(26)12-14-5-3-7-16(11-14)27-2/h3,5,7-9,11,15H,4,6,10,12-13H2,1-2H3/t15-/m0/s1. The van der Waals surface area contributed by atoms with Crippen LogP contribution in [0, 0.1) is 0 Å². The molecule has 0 saturated carbocycles. The summed E-state index contributed by atoms with van der Waals surface area (Å²) in [5, 5.41) is 4.65. The molecule has 1 fully saturated rings. The number of carbonyl (C=O) groups is 1. The second kappa shape index (κ2) is 7.34. The van der Waals surface area contributed by atoms with Gasteiger partial charge in [-0.2, -0.15) is 5.10 Å². The number of fused-ring (bicyclic) bond motifs is 1. The van der Waals surface area contributed by atoms with Gasteiger partial charge < -0.3 is 9.64 Å². The minimum atomic E-state index is 0.138. The molecule has 1 aliphatic heterocycles. The van der Waals surface area contributed by atoms with Crippen molar-refractivity contribution in [3.05, 3.63) is 47.9 Å². The minimum Gasteiger partial charge on any atom is -0.497 e. The molecule has 0 unspecified atom stereocenters. The molecule has 27 heavy (non-hydrogen) atoms. The molecular formula is C20H23N5O2. The number of piperidine rings is 1. The Hall–Kier alpha value is -2.96. The Balaban J connectivity index is 1.51. The molecule has 4 rings (SSSR count). The monoisotopic (exact) mass is 365 g/mol. The van der Waals surface area contributed by atoms with Gasteiger partial charge in [0.15, 0.2) is 5.65 Å². The van der Waals surface area contributed by atoms with Crippen LogP contribution in [-0.2, 0) is 18.3 Å². The van der Waals surface area contributed by atoms with E-state index in [0.29, 0.717) is 13.0 Å². The maximum Gasteiger partial charge on any atom is 0.227 e. The van der Waals surface area contributed by atoms with Crippen LogP contribution >= 0.6 is 0 Å². The van der Waals surface area contributed by atoms with Gasteiger partial charge in [0.2, 0.25) is 5.91 Å². The van der Waals surface area contributed by atoms with Gasteiger partial charge in [-0.15, -0.1) is 0 Å². The molecule has 1 aliphatic rings. The first-order chi connectivity index (χ1) is 13.2. The Morgan fingerprint density at radius 3 is 3.00 bits per heavy atom. The fourth-order valence-corrected chi connectivity index (χ4v) is 3.78. The Kier molecular flexibility index (Phi) is 4.75.